The van der Waals surface area contributed by atoms with Gasteiger partial charge in [0.2, 0.25) is 10.0 Å². The highest BCUT2D eigenvalue weighted by atomic mass is 35.5. The Labute approximate surface area is 150 Å². The number of rotatable bonds is 6. The Balaban J connectivity index is 2.37. The molecule has 5 nitrogen and oxygen atoms in total. The largest absolute Gasteiger partial charge is 0.480 e. The van der Waals surface area contributed by atoms with Crippen molar-refractivity contribution in [2.45, 2.75) is 17.4 Å². The van der Waals surface area contributed by atoms with E-state index in [4.69, 9.17) is 23.2 Å². The minimum Gasteiger partial charge on any atom is -0.480 e. The number of carboxylic acid groups (broad SMARTS) is 1. The molecule has 0 aliphatic heterocycles. The zero-order valence-electron chi connectivity index (χ0n) is 12.7. The molecule has 2 rings (SSSR count). The molecule has 0 bridgehead atoms. The van der Waals surface area contributed by atoms with E-state index in [9.17, 15) is 18.3 Å². The second kappa shape index (κ2) is 7.53. The molecule has 0 fully saturated rings. The van der Waals surface area contributed by atoms with Gasteiger partial charge >= 0.3 is 5.97 Å². The lowest BCUT2D eigenvalue weighted by atomic mass is 10.1. The van der Waals surface area contributed by atoms with E-state index in [-0.39, 0.29) is 21.4 Å². The standard InChI is InChI=1S/C16H15Cl2NO4S/c1-19(24(22,23)12-7-3-2-4-8-12)14(16(20)21)10-11-6-5-9-13(17)15(11)18/h2-9,14H,10H2,1H3,(H,20,21). The number of hydrogen-bond acceptors (Lipinski definition) is 3. The van der Waals surface area contributed by atoms with Gasteiger partial charge in [-0.1, -0.05) is 53.5 Å². The van der Waals surface area contributed by atoms with Crippen molar-refractivity contribution in [2.75, 3.05) is 7.05 Å². The number of benzene rings is 2. The molecule has 0 saturated heterocycles. The van der Waals surface area contributed by atoms with E-state index in [0.29, 0.717) is 5.56 Å². The summed E-state index contributed by atoms with van der Waals surface area (Å²) < 4.78 is 26.1. The van der Waals surface area contributed by atoms with Gasteiger partial charge in [0, 0.05) is 13.5 Å². The van der Waals surface area contributed by atoms with Gasteiger partial charge in [-0.2, -0.15) is 4.31 Å². The zero-order valence-corrected chi connectivity index (χ0v) is 15.0. The number of carbonyl (C=O) groups is 1. The summed E-state index contributed by atoms with van der Waals surface area (Å²) in [5.74, 6) is -1.27. The summed E-state index contributed by atoms with van der Waals surface area (Å²) in [6.07, 6.45) is -0.0999. The number of sulfonamides is 1. The Kier molecular flexibility index (Phi) is 5.87. The van der Waals surface area contributed by atoms with E-state index >= 15 is 0 Å². The van der Waals surface area contributed by atoms with E-state index in [2.05, 4.69) is 0 Å². The van der Waals surface area contributed by atoms with E-state index in [1.807, 2.05) is 0 Å². The Morgan fingerprint density at radius 3 is 2.33 bits per heavy atom. The van der Waals surface area contributed by atoms with Crippen LogP contribution >= 0.6 is 23.2 Å². The number of carboxylic acids is 1. The van der Waals surface area contributed by atoms with Gasteiger partial charge < -0.3 is 5.11 Å². The van der Waals surface area contributed by atoms with Crippen molar-refractivity contribution in [1.82, 2.24) is 4.31 Å². The van der Waals surface area contributed by atoms with Gasteiger partial charge in [-0.15, -0.1) is 0 Å². The molecule has 0 aromatic heterocycles. The first-order chi connectivity index (χ1) is 11.2. The monoisotopic (exact) mass is 387 g/mol. The molecule has 8 heteroatoms. The van der Waals surface area contributed by atoms with Crippen LogP contribution in [0.3, 0.4) is 0 Å². The average Bonchev–Trinajstić information content (AvgIpc) is 2.56. The molecule has 24 heavy (non-hydrogen) atoms. The van der Waals surface area contributed by atoms with Crippen molar-refractivity contribution in [2.24, 2.45) is 0 Å². The molecule has 1 N–H and O–H groups in total. The lowest BCUT2D eigenvalue weighted by Crippen LogP contribution is -2.43. The van der Waals surface area contributed by atoms with Crippen LogP contribution < -0.4 is 0 Å². The molecule has 0 aliphatic carbocycles. The summed E-state index contributed by atoms with van der Waals surface area (Å²) in [4.78, 5) is 11.7. The maximum Gasteiger partial charge on any atom is 0.322 e. The highest BCUT2D eigenvalue weighted by Gasteiger charge is 2.33. The zero-order chi connectivity index (χ0) is 17.9. The third-order valence-corrected chi connectivity index (χ3v) is 6.33. The summed E-state index contributed by atoms with van der Waals surface area (Å²) in [6.45, 7) is 0. The quantitative estimate of drug-likeness (QED) is 0.824. The molecule has 128 valence electrons. The number of nitrogens with zero attached hydrogens (tertiary/aromatic N) is 1. The Morgan fingerprint density at radius 1 is 1.12 bits per heavy atom. The molecular weight excluding hydrogens is 373 g/mol. The Hall–Kier alpha value is -1.60. The van der Waals surface area contributed by atoms with Crippen LogP contribution in [0.15, 0.2) is 53.4 Å². The lowest BCUT2D eigenvalue weighted by Gasteiger charge is -2.24. The predicted molar refractivity (Wildman–Crippen MR) is 93.0 cm³/mol. The Bertz CT molecular complexity index is 840. The lowest BCUT2D eigenvalue weighted by molar-refractivity contribution is -0.141. The molecule has 0 aliphatic rings. The van der Waals surface area contributed by atoms with Gasteiger partial charge in [0.05, 0.1) is 14.9 Å². The summed E-state index contributed by atoms with van der Waals surface area (Å²) in [6, 6.07) is 11.2. The minimum absolute atomic E-state index is 0.0240. The number of halogens is 2. The molecule has 0 saturated carbocycles. The van der Waals surface area contributed by atoms with E-state index < -0.39 is 22.0 Å². The maximum absolute atomic E-state index is 12.6. The van der Waals surface area contributed by atoms with Gasteiger partial charge in [0.15, 0.2) is 0 Å². The normalized spacial score (nSPS) is 13.0. The third kappa shape index (κ3) is 3.89. The van der Waals surface area contributed by atoms with Crippen molar-refractivity contribution < 1.29 is 18.3 Å². The molecule has 2 aromatic rings. The fourth-order valence-electron chi connectivity index (χ4n) is 2.21. The number of hydrogen-bond donors (Lipinski definition) is 1. The molecule has 0 radical (unpaired) electrons. The fraction of sp³-hybridized carbons (Fsp3) is 0.188. The van der Waals surface area contributed by atoms with Gasteiger partial charge in [-0.3, -0.25) is 4.79 Å². The van der Waals surface area contributed by atoms with Crippen LogP contribution in [-0.4, -0.2) is 36.9 Å². The highest BCUT2D eigenvalue weighted by molar-refractivity contribution is 7.89. The predicted octanol–water partition coefficient (Wildman–Crippen LogP) is 3.31. The van der Waals surface area contributed by atoms with Crippen molar-refractivity contribution in [3.8, 4) is 0 Å². The van der Waals surface area contributed by atoms with Gasteiger partial charge in [0.1, 0.15) is 6.04 Å². The SMILES string of the molecule is CN(C(Cc1cccc(Cl)c1Cl)C(=O)O)S(=O)(=O)c1ccccc1. The second-order valence-electron chi connectivity index (χ2n) is 5.11. The van der Waals surface area contributed by atoms with Crippen molar-refractivity contribution in [3.63, 3.8) is 0 Å². The van der Waals surface area contributed by atoms with Crippen LogP contribution in [0, 0.1) is 0 Å². The smallest absolute Gasteiger partial charge is 0.322 e. The summed E-state index contributed by atoms with van der Waals surface area (Å²) in [5, 5.41) is 10.00. The first-order valence-electron chi connectivity index (χ1n) is 6.94. The van der Waals surface area contributed by atoms with Gasteiger partial charge in [0.25, 0.3) is 0 Å². The van der Waals surface area contributed by atoms with Gasteiger partial charge in [-0.05, 0) is 23.8 Å². The maximum atomic E-state index is 12.6. The second-order valence-corrected chi connectivity index (χ2v) is 7.89. The Morgan fingerprint density at radius 2 is 1.75 bits per heavy atom. The average molecular weight is 388 g/mol. The molecule has 0 spiro atoms. The fourth-order valence-corrected chi connectivity index (χ4v) is 3.94. The van der Waals surface area contributed by atoms with E-state index in [0.717, 1.165) is 4.31 Å². The summed E-state index contributed by atoms with van der Waals surface area (Å²) >= 11 is 12.0. The summed E-state index contributed by atoms with van der Waals surface area (Å²) in [5.41, 5.74) is 0.465. The van der Waals surface area contributed by atoms with Crippen LogP contribution in [-0.2, 0) is 21.2 Å². The third-order valence-electron chi connectivity index (χ3n) is 3.59. The van der Waals surface area contributed by atoms with Crippen LogP contribution in [0.5, 0.6) is 0 Å². The van der Waals surface area contributed by atoms with Crippen LogP contribution in [0.4, 0.5) is 0 Å². The first-order valence-corrected chi connectivity index (χ1v) is 9.13. The van der Waals surface area contributed by atoms with Crippen molar-refractivity contribution >= 4 is 39.2 Å². The molecular formula is C16H15Cl2NO4S. The molecule has 1 atom stereocenters. The molecule has 1 unspecified atom stereocenters. The van der Waals surface area contributed by atoms with Crippen molar-refractivity contribution in [3.05, 3.63) is 64.1 Å². The van der Waals surface area contributed by atoms with E-state index in [1.165, 1.54) is 19.2 Å². The van der Waals surface area contributed by atoms with E-state index in [1.54, 1.807) is 36.4 Å². The molecule has 2 aromatic carbocycles. The number of likely N-dealkylation sites (N-methyl/N-ethyl adjacent to an activating group) is 1. The highest BCUT2D eigenvalue weighted by Crippen LogP contribution is 2.28. The molecule has 0 heterocycles. The van der Waals surface area contributed by atoms with Gasteiger partial charge in [-0.25, -0.2) is 8.42 Å². The van der Waals surface area contributed by atoms with Crippen LogP contribution in [0.25, 0.3) is 0 Å². The molecule has 0 amide bonds. The van der Waals surface area contributed by atoms with Crippen LogP contribution in [0.1, 0.15) is 5.56 Å². The van der Waals surface area contributed by atoms with Crippen molar-refractivity contribution in [1.29, 1.82) is 0 Å². The topological polar surface area (TPSA) is 74.7 Å². The van der Waals surface area contributed by atoms with Crippen LogP contribution in [0.2, 0.25) is 10.0 Å². The first kappa shape index (κ1) is 18.7. The number of aliphatic carboxylic acids is 1. The summed E-state index contributed by atoms with van der Waals surface area (Å²) in [7, 11) is -2.71. The minimum atomic E-state index is -3.95.